The monoisotopic (exact) mass is 450 g/mol. The van der Waals surface area contributed by atoms with Crippen molar-refractivity contribution in [3.63, 3.8) is 0 Å². The highest BCUT2D eigenvalue weighted by Crippen LogP contribution is 2.41. The number of anilines is 2. The number of rotatable bonds is 8. The van der Waals surface area contributed by atoms with E-state index in [-0.39, 0.29) is 5.91 Å². The lowest BCUT2D eigenvalue weighted by atomic mass is 10.2. The summed E-state index contributed by atoms with van der Waals surface area (Å²) >= 11 is 1.45. The first-order valence-electron chi connectivity index (χ1n) is 9.76. The Morgan fingerprint density at radius 1 is 1.03 bits per heavy atom. The first-order chi connectivity index (χ1) is 15.6. The molecule has 0 fully saturated rings. The van der Waals surface area contributed by atoms with Crippen LogP contribution in [0.25, 0.3) is 10.2 Å². The van der Waals surface area contributed by atoms with Crippen LogP contribution in [0.4, 0.5) is 10.8 Å². The minimum atomic E-state index is -0.150. The summed E-state index contributed by atoms with van der Waals surface area (Å²) in [5, 5.41) is 6.87. The Labute approximate surface area is 189 Å². The number of amides is 1. The predicted octanol–water partition coefficient (Wildman–Crippen LogP) is 4.39. The predicted molar refractivity (Wildman–Crippen MR) is 124 cm³/mol. The van der Waals surface area contributed by atoms with Gasteiger partial charge in [-0.15, -0.1) is 0 Å². The van der Waals surface area contributed by atoms with Crippen molar-refractivity contribution in [1.82, 2.24) is 15.3 Å². The average Bonchev–Trinajstić information content (AvgIpc) is 3.23. The molecule has 0 atom stereocenters. The van der Waals surface area contributed by atoms with Gasteiger partial charge >= 0.3 is 0 Å². The standard InChI is InChI=1S/C23H22N4O4S/c1-29-18-10-16(11-19(30-2)21(18)31-3)26-23-27-17-7-6-15(9-20(17)32-23)22(28)25-13-14-5-4-8-24-12-14/h4-12H,13H2,1-3H3,(H,25,28)(H,26,27). The Balaban J connectivity index is 1.52. The highest BCUT2D eigenvalue weighted by atomic mass is 32.1. The number of nitrogens with one attached hydrogen (secondary N) is 2. The van der Waals surface area contributed by atoms with Crippen LogP contribution in [0.2, 0.25) is 0 Å². The Bertz CT molecular complexity index is 1220. The summed E-state index contributed by atoms with van der Waals surface area (Å²) in [6.45, 7) is 0.418. The number of methoxy groups -OCH3 is 3. The SMILES string of the molecule is COc1cc(Nc2nc3ccc(C(=O)NCc4cccnc4)cc3s2)cc(OC)c1OC. The minimum Gasteiger partial charge on any atom is -0.493 e. The number of carbonyl (C=O) groups is 1. The number of pyridine rings is 1. The van der Waals surface area contributed by atoms with Gasteiger partial charge in [0.2, 0.25) is 5.75 Å². The van der Waals surface area contributed by atoms with Gasteiger partial charge in [-0.3, -0.25) is 9.78 Å². The third kappa shape index (κ3) is 4.57. The number of nitrogens with zero attached hydrogens (tertiary/aromatic N) is 2. The first-order valence-corrected chi connectivity index (χ1v) is 10.6. The van der Waals surface area contributed by atoms with E-state index in [0.717, 1.165) is 21.5 Å². The summed E-state index contributed by atoms with van der Waals surface area (Å²) in [6, 6.07) is 12.8. The number of fused-ring (bicyclic) bond motifs is 1. The molecule has 0 unspecified atom stereocenters. The topological polar surface area (TPSA) is 94.6 Å². The quantitative estimate of drug-likeness (QED) is 0.411. The molecule has 0 aliphatic heterocycles. The van der Waals surface area contributed by atoms with E-state index in [1.54, 1.807) is 39.8 Å². The van der Waals surface area contributed by atoms with Gasteiger partial charge < -0.3 is 24.8 Å². The van der Waals surface area contributed by atoms with Gasteiger partial charge in [0.15, 0.2) is 16.6 Å². The van der Waals surface area contributed by atoms with Gasteiger partial charge in [0.25, 0.3) is 5.91 Å². The molecule has 4 aromatic rings. The summed E-state index contributed by atoms with van der Waals surface area (Å²) < 4.78 is 17.1. The van der Waals surface area contributed by atoms with Crippen molar-refractivity contribution in [2.24, 2.45) is 0 Å². The molecule has 0 saturated heterocycles. The number of hydrogen-bond donors (Lipinski definition) is 2. The number of aromatic nitrogens is 2. The van der Waals surface area contributed by atoms with E-state index in [1.165, 1.54) is 11.3 Å². The van der Waals surface area contributed by atoms with Gasteiger partial charge in [0, 0.05) is 42.3 Å². The van der Waals surface area contributed by atoms with Gasteiger partial charge in [0.05, 0.1) is 31.5 Å². The zero-order valence-corrected chi connectivity index (χ0v) is 18.7. The summed E-state index contributed by atoms with van der Waals surface area (Å²) in [6.07, 6.45) is 3.43. The van der Waals surface area contributed by atoms with E-state index in [9.17, 15) is 4.79 Å². The molecule has 0 saturated carbocycles. The fourth-order valence-electron chi connectivity index (χ4n) is 3.18. The fraction of sp³-hybridized carbons (Fsp3) is 0.174. The van der Waals surface area contributed by atoms with Crippen molar-refractivity contribution < 1.29 is 19.0 Å². The van der Waals surface area contributed by atoms with E-state index >= 15 is 0 Å². The van der Waals surface area contributed by atoms with Gasteiger partial charge in [-0.2, -0.15) is 0 Å². The van der Waals surface area contributed by atoms with Crippen molar-refractivity contribution in [2.45, 2.75) is 6.54 Å². The summed E-state index contributed by atoms with van der Waals surface area (Å²) in [4.78, 5) is 21.2. The molecule has 4 rings (SSSR count). The van der Waals surface area contributed by atoms with Gasteiger partial charge in [-0.25, -0.2) is 4.98 Å². The smallest absolute Gasteiger partial charge is 0.251 e. The molecule has 8 nitrogen and oxygen atoms in total. The lowest BCUT2D eigenvalue weighted by Gasteiger charge is -2.14. The zero-order chi connectivity index (χ0) is 22.5. The molecule has 0 bridgehead atoms. The van der Waals surface area contributed by atoms with Crippen molar-refractivity contribution in [3.05, 3.63) is 66.0 Å². The second-order valence-electron chi connectivity index (χ2n) is 6.78. The van der Waals surface area contributed by atoms with Crippen LogP contribution in [0, 0.1) is 0 Å². The lowest BCUT2D eigenvalue weighted by Crippen LogP contribution is -2.22. The lowest BCUT2D eigenvalue weighted by molar-refractivity contribution is 0.0951. The molecular formula is C23H22N4O4S. The molecule has 2 heterocycles. The average molecular weight is 451 g/mol. The third-order valence-electron chi connectivity index (χ3n) is 4.74. The minimum absolute atomic E-state index is 0.150. The van der Waals surface area contributed by atoms with E-state index < -0.39 is 0 Å². The van der Waals surface area contributed by atoms with Crippen LogP contribution in [0.1, 0.15) is 15.9 Å². The molecule has 0 aliphatic carbocycles. The van der Waals surface area contributed by atoms with Gasteiger partial charge in [-0.1, -0.05) is 17.4 Å². The molecule has 2 aromatic heterocycles. The van der Waals surface area contributed by atoms with Crippen LogP contribution in [0.15, 0.2) is 54.9 Å². The molecule has 164 valence electrons. The Morgan fingerprint density at radius 3 is 2.47 bits per heavy atom. The van der Waals surface area contributed by atoms with Crippen LogP contribution in [0.3, 0.4) is 0 Å². The van der Waals surface area contributed by atoms with E-state index in [1.807, 2.05) is 36.4 Å². The van der Waals surface area contributed by atoms with E-state index in [2.05, 4.69) is 20.6 Å². The van der Waals surface area contributed by atoms with Crippen LogP contribution >= 0.6 is 11.3 Å². The molecule has 2 aromatic carbocycles. The summed E-state index contributed by atoms with van der Waals surface area (Å²) in [7, 11) is 4.70. The molecule has 1 amide bonds. The molecule has 0 radical (unpaired) electrons. The number of benzene rings is 2. The normalized spacial score (nSPS) is 10.6. The van der Waals surface area contributed by atoms with Gasteiger partial charge in [-0.05, 0) is 29.8 Å². The number of ether oxygens (including phenoxy) is 3. The van der Waals surface area contributed by atoms with Crippen LogP contribution in [-0.4, -0.2) is 37.2 Å². The highest BCUT2D eigenvalue weighted by Gasteiger charge is 2.15. The Hall–Kier alpha value is -3.85. The van der Waals surface area contributed by atoms with Crippen molar-refractivity contribution >= 4 is 38.3 Å². The van der Waals surface area contributed by atoms with Crippen LogP contribution in [-0.2, 0) is 6.54 Å². The third-order valence-corrected chi connectivity index (χ3v) is 5.68. The maximum absolute atomic E-state index is 12.6. The zero-order valence-electron chi connectivity index (χ0n) is 17.8. The van der Waals surface area contributed by atoms with Crippen molar-refractivity contribution in [1.29, 1.82) is 0 Å². The second-order valence-corrected chi connectivity index (χ2v) is 7.82. The van der Waals surface area contributed by atoms with Gasteiger partial charge in [0.1, 0.15) is 0 Å². The molecule has 0 aliphatic rings. The maximum Gasteiger partial charge on any atom is 0.251 e. The highest BCUT2D eigenvalue weighted by molar-refractivity contribution is 7.22. The second kappa shape index (κ2) is 9.52. The largest absolute Gasteiger partial charge is 0.493 e. The number of hydrogen-bond acceptors (Lipinski definition) is 8. The first kappa shape index (κ1) is 21.4. The van der Waals surface area contributed by atoms with Crippen LogP contribution in [0.5, 0.6) is 17.2 Å². The molecule has 0 spiro atoms. The number of thiazole rings is 1. The number of carbonyl (C=O) groups excluding carboxylic acids is 1. The summed E-state index contributed by atoms with van der Waals surface area (Å²) in [5.41, 5.74) is 3.06. The van der Waals surface area contributed by atoms with E-state index in [0.29, 0.717) is 34.5 Å². The van der Waals surface area contributed by atoms with Crippen molar-refractivity contribution in [2.75, 3.05) is 26.6 Å². The van der Waals surface area contributed by atoms with E-state index in [4.69, 9.17) is 14.2 Å². The maximum atomic E-state index is 12.6. The molecule has 9 heteroatoms. The van der Waals surface area contributed by atoms with Crippen molar-refractivity contribution in [3.8, 4) is 17.2 Å². The molecule has 2 N–H and O–H groups in total. The molecular weight excluding hydrogens is 428 g/mol. The Morgan fingerprint density at radius 2 is 1.81 bits per heavy atom. The Kier molecular flexibility index (Phi) is 6.37. The fourth-order valence-corrected chi connectivity index (χ4v) is 4.11. The molecule has 32 heavy (non-hydrogen) atoms. The summed E-state index contributed by atoms with van der Waals surface area (Å²) in [5.74, 6) is 1.46. The van der Waals surface area contributed by atoms with Crippen LogP contribution < -0.4 is 24.8 Å².